The highest BCUT2D eigenvalue weighted by molar-refractivity contribution is 9.10. The zero-order valence-electron chi connectivity index (χ0n) is 10.7. The number of amides is 1. The van der Waals surface area contributed by atoms with Crippen molar-refractivity contribution in [3.05, 3.63) is 34.9 Å². The first kappa shape index (κ1) is 13.1. The van der Waals surface area contributed by atoms with Gasteiger partial charge in [0.1, 0.15) is 5.41 Å². The Hall–Kier alpha value is -1.93. The van der Waals surface area contributed by atoms with E-state index in [1.54, 1.807) is 6.20 Å². The Labute approximate surface area is 124 Å². The van der Waals surface area contributed by atoms with Crippen LogP contribution in [-0.4, -0.2) is 10.9 Å². The van der Waals surface area contributed by atoms with Crippen LogP contribution in [0.15, 0.2) is 34.9 Å². The molecule has 1 aliphatic carbocycles. The van der Waals surface area contributed by atoms with Gasteiger partial charge in [0, 0.05) is 16.1 Å². The van der Waals surface area contributed by atoms with E-state index in [0.717, 1.165) is 21.8 Å². The Bertz CT molecular complexity index is 731. The third-order valence-electron chi connectivity index (χ3n) is 3.78. The van der Waals surface area contributed by atoms with Crippen molar-refractivity contribution in [2.75, 3.05) is 5.32 Å². The van der Waals surface area contributed by atoms with Crippen molar-refractivity contribution in [2.45, 2.75) is 19.3 Å². The fourth-order valence-corrected chi connectivity index (χ4v) is 2.75. The number of hydrogen-bond acceptors (Lipinski definition) is 3. The molecule has 0 saturated heterocycles. The predicted octanol–water partition coefficient (Wildman–Crippen LogP) is 3.63. The summed E-state index contributed by atoms with van der Waals surface area (Å²) in [4.78, 5) is 16.6. The monoisotopic (exact) mass is 329 g/mol. The summed E-state index contributed by atoms with van der Waals surface area (Å²) in [5, 5.41) is 13.0. The van der Waals surface area contributed by atoms with Crippen LogP contribution in [0.5, 0.6) is 0 Å². The van der Waals surface area contributed by atoms with Gasteiger partial charge in [-0.3, -0.25) is 9.78 Å². The highest BCUT2D eigenvalue weighted by Gasteiger charge is 2.44. The van der Waals surface area contributed by atoms with Gasteiger partial charge in [-0.25, -0.2) is 0 Å². The van der Waals surface area contributed by atoms with E-state index in [1.807, 2.05) is 24.3 Å². The maximum absolute atomic E-state index is 12.3. The molecule has 5 heteroatoms. The second kappa shape index (κ2) is 4.88. The van der Waals surface area contributed by atoms with E-state index in [9.17, 15) is 10.1 Å². The van der Waals surface area contributed by atoms with E-state index in [-0.39, 0.29) is 5.91 Å². The normalized spacial score (nSPS) is 16.2. The molecule has 1 amide bonds. The molecule has 3 rings (SSSR count). The fraction of sp³-hybridized carbons (Fsp3) is 0.267. The average Bonchev–Trinajstić information content (AvgIpc) is 2.38. The molecule has 1 aliphatic rings. The molecule has 0 bridgehead atoms. The summed E-state index contributed by atoms with van der Waals surface area (Å²) in [5.74, 6) is -0.219. The Kier molecular flexibility index (Phi) is 3.19. The molecule has 1 saturated carbocycles. The molecule has 1 aromatic carbocycles. The first-order chi connectivity index (χ1) is 9.64. The van der Waals surface area contributed by atoms with Crippen LogP contribution in [0.1, 0.15) is 19.3 Å². The summed E-state index contributed by atoms with van der Waals surface area (Å²) in [7, 11) is 0. The molecular weight excluding hydrogens is 318 g/mol. The van der Waals surface area contributed by atoms with E-state index >= 15 is 0 Å². The molecule has 2 aromatic rings. The molecule has 0 aliphatic heterocycles. The number of carbonyl (C=O) groups excluding carboxylic acids is 1. The minimum absolute atomic E-state index is 0.219. The number of pyridine rings is 1. The minimum Gasteiger partial charge on any atom is -0.323 e. The van der Waals surface area contributed by atoms with Gasteiger partial charge in [0.2, 0.25) is 5.91 Å². The summed E-state index contributed by atoms with van der Waals surface area (Å²) in [5.41, 5.74) is 0.537. The molecular formula is C15H12BrN3O. The highest BCUT2D eigenvalue weighted by Crippen LogP contribution is 2.41. The van der Waals surface area contributed by atoms with Gasteiger partial charge >= 0.3 is 0 Å². The summed E-state index contributed by atoms with van der Waals surface area (Å²) < 4.78 is 0.890. The molecule has 1 N–H and O–H groups in total. The quantitative estimate of drug-likeness (QED) is 0.914. The Morgan fingerprint density at radius 2 is 2.25 bits per heavy atom. The van der Waals surface area contributed by atoms with Gasteiger partial charge in [0.25, 0.3) is 0 Å². The predicted molar refractivity (Wildman–Crippen MR) is 80.0 cm³/mol. The molecule has 0 spiro atoms. The number of rotatable bonds is 2. The molecule has 1 fully saturated rings. The van der Waals surface area contributed by atoms with Gasteiger partial charge in [-0.05, 0) is 47.3 Å². The number of nitriles is 1. The van der Waals surface area contributed by atoms with Gasteiger partial charge in [-0.15, -0.1) is 0 Å². The number of halogens is 1. The largest absolute Gasteiger partial charge is 0.323 e. The van der Waals surface area contributed by atoms with Crippen LogP contribution in [0, 0.1) is 16.7 Å². The maximum atomic E-state index is 12.3. The van der Waals surface area contributed by atoms with Crippen molar-refractivity contribution < 1.29 is 4.79 Å². The first-order valence-corrected chi connectivity index (χ1v) is 7.21. The minimum atomic E-state index is -0.850. The number of nitrogens with zero attached hydrogens (tertiary/aromatic N) is 2. The van der Waals surface area contributed by atoms with E-state index in [1.165, 1.54) is 0 Å². The third kappa shape index (κ3) is 2.06. The van der Waals surface area contributed by atoms with E-state index in [0.29, 0.717) is 18.5 Å². The fourth-order valence-electron chi connectivity index (χ4n) is 2.40. The number of para-hydroxylation sites is 1. The van der Waals surface area contributed by atoms with E-state index in [2.05, 4.69) is 32.3 Å². The van der Waals surface area contributed by atoms with Gasteiger partial charge in [0.15, 0.2) is 0 Å². The summed E-state index contributed by atoms with van der Waals surface area (Å²) >= 11 is 3.38. The first-order valence-electron chi connectivity index (χ1n) is 6.42. The molecule has 0 radical (unpaired) electrons. The summed E-state index contributed by atoms with van der Waals surface area (Å²) in [6.07, 6.45) is 3.90. The van der Waals surface area contributed by atoms with Crippen molar-refractivity contribution in [3.8, 4) is 6.07 Å². The van der Waals surface area contributed by atoms with Crippen molar-refractivity contribution >= 4 is 38.4 Å². The number of benzene rings is 1. The number of aromatic nitrogens is 1. The number of hydrogen-bond donors (Lipinski definition) is 1. The lowest BCUT2D eigenvalue weighted by Crippen LogP contribution is -2.40. The SMILES string of the molecule is N#CC1(C(=O)Nc2cccc3cc(Br)cnc23)CCC1. The lowest BCUT2D eigenvalue weighted by molar-refractivity contribution is -0.126. The Balaban J connectivity index is 1.95. The van der Waals surface area contributed by atoms with Crippen molar-refractivity contribution in [3.63, 3.8) is 0 Å². The molecule has 1 aromatic heterocycles. The zero-order chi connectivity index (χ0) is 14.2. The topological polar surface area (TPSA) is 65.8 Å². The third-order valence-corrected chi connectivity index (χ3v) is 4.22. The average molecular weight is 330 g/mol. The van der Waals surface area contributed by atoms with Crippen LogP contribution in [0.3, 0.4) is 0 Å². The molecule has 100 valence electrons. The Morgan fingerprint density at radius 3 is 2.90 bits per heavy atom. The zero-order valence-corrected chi connectivity index (χ0v) is 12.3. The second-order valence-electron chi connectivity index (χ2n) is 5.03. The van der Waals surface area contributed by atoms with Crippen molar-refractivity contribution in [1.29, 1.82) is 5.26 Å². The number of anilines is 1. The smallest absolute Gasteiger partial charge is 0.244 e. The van der Waals surface area contributed by atoms with Gasteiger partial charge in [0.05, 0.1) is 17.3 Å². The number of nitrogens with one attached hydrogen (secondary N) is 1. The maximum Gasteiger partial charge on any atom is 0.244 e. The van der Waals surface area contributed by atoms with Gasteiger partial charge < -0.3 is 5.32 Å². The van der Waals surface area contributed by atoms with E-state index < -0.39 is 5.41 Å². The molecule has 1 heterocycles. The standard InChI is InChI=1S/C15H12BrN3O/c16-11-7-10-3-1-4-12(13(10)18-8-11)19-14(20)15(9-17)5-2-6-15/h1,3-4,7-8H,2,5-6H2,(H,19,20). The second-order valence-corrected chi connectivity index (χ2v) is 5.95. The summed E-state index contributed by atoms with van der Waals surface area (Å²) in [6.45, 7) is 0. The molecule has 0 unspecified atom stereocenters. The number of fused-ring (bicyclic) bond motifs is 1. The van der Waals surface area contributed by atoms with Crippen LogP contribution < -0.4 is 5.32 Å². The van der Waals surface area contributed by atoms with Crippen LogP contribution in [0.2, 0.25) is 0 Å². The van der Waals surface area contributed by atoms with Crippen LogP contribution in [0.4, 0.5) is 5.69 Å². The lowest BCUT2D eigenvalue weighted by atomic mass is 9.69. The van der Waals surface area contributed by atoms with Gasteiger partial charge in [-0.1, -0.05) is 12.1 Å². The highest BCUT2D eigenvalue weighted by atomic mass is 79.9. The molecule has 4 nitrogen and oxygen atoms in total. The van der Waals surface area contributed by atoms with Crippen LogP contribution >= 0.6 is 15.9 Å². The van der Waals surface area contributed by atoms with Crippen molar-refractivity contribution in [1.82, 2.24) is 4.98 Å². The van der Waals surface area contributed by atoms with Gasteiger partial charge in [-0.2, -0.15) is 5.26 Å². The number of carbonyl (C=O) groups is 1. The molecule has 0 atom stereocenters. The van der Waals surface area contributed by atoms with Crippen LogP contribution in [0.25, 0.3) is 10.9 Å². The summed E-state index contributed by atoms with van der Waals surface area (Å²) in [6, 6.07) is 9.71. The van der Waals surface area contributed by atoms with Crippen molar-refractivity contribution in [2.24, 2.45) is 5.41 Å². The Morgan fingerprint density at radius 1 is 1.45 bits per heavy atom. The van der Waals surface area contributed by atoms with E-state index in [4.69, 9.17) is 0 Å². The van der Waals surface area contributed by atoms with Crippen LogP contribution in [-0.2, 0) is 4.79 Å². The molecule has 20 heavy (non-hydrogen) atoms. The lowest BCUT2D eigenvalue weighted by Gasteiger charge is -2.33.